The zero-order valence-corrected chi connectivity index (χ0v) is 14.5. The van der Waals surface area contributed by atoms with Gasteiger partial charge in [-0.05, 0) is 44.8 Å². The summed E-state index contributed by atoms with van der Waals surface area (Å²) in [5.74, 6) is 1.60. The molecular formula is C18H22FN7. The van der Waals surface area contributed by atoms with Crippen LogP contribution >= 0.6 is 0 Å². The summed E-state index contributed by atoms with van der Waals surface area (Å²) in [5.41, 5.74) is 2.90. The standard InChI is InChI=1S/C18H22FN7/c19-13-3-2-12(8-13)15-9-16(24-23-15)22-18-20-5-4-17-21-14(11-26(17)18)10-25-6-1-7-25/h4-5,9,11-13H,1-3,6-8,10H2,(H2,20,22,23,24)/t12-,13-/m1/s1. The molecule has 5 rings (SSSR count). The van der Waals surface area contributed by atoms with Crippen molar-refractivity contribution in [3.63, 3.8) is 0 Å². The molecular weight excluding hydrogens is 333 g/mol. The van der Waals surface area contributed by atoms with Gasteiger partial charge >= 0.3 is 0 Å². The van der Waals surface area contributed by atoms with Gasteiger partial charge in [0.2, 0.25) is 5.95 Å². The van der Waals surface area contributed by atoms with Crippen LogP contribution in [0.2, 0.25) is 0 Å². The predicted octanol–water partition coefficient (Wildman–Crippen LogP) is 3.01. The molecule has 4 heterocycles. The van der Waals surface area contributed by atoms with Crippen molar-refractivity contribution in [2.75, 3.05) is 18.4 Å². The number of aromatic nitrogens is 5. The van der Waals surface area contributed by atoms with Gasteiger partial charge in [0.25, 0.3) is 0 Å². The smallest absolute Gasteiger partial charge is 0.214 e. The first-order chi connectivity index (χ1) is 12.7. The number of nitrogens with one attached hydrogen (secondary N) is 2. The fraction of sp³-hybridized carbons (Fsp3) is 0.500. The Kier molecular flexibility index (Phi) is 3.85. The molecule has 2 aliphatic rings. The lowest BCUT2D eigenvalue weighted by molar-refractivity contribution is 0.171. The molecule has 1 saturated heterocycles. The molecule has 2 fully saturated rings. The minimum absolute atomic E-state index is 0.230. The molecule has 26 heavy (non-hydrogen) atoms. The van der Waals surface area contributed by atoms with Crippen LogP contribution in [0.25, 0.3) is 5.65 Å². The maximum atomic E-state index is 13.4. The molecule has 1 aliphatic heterocycles. The van der Waals surface area contributed by atoms with E-state index in [4.69, 9.17) is 0 Å². The topological polar surface area (TPSA) is 74.1 Å². The van der Waals surface area contributed by atoms with Gasteiger partial charge in [-0.3, -0.25) is 14.4 Å². The molecule has 1 saturated carbocycles. The first-order valence-corrected chi connectivity index (χ1v) is 9.26. The van der Waals surface area contributed by atoms with Crippen molar-refractivity contribution in [2.24, 2.45) is 0 Å². The van der Waals surface area contributed by atoms with Gasteiger partial charge in [0, 0.05) is 36.6 Å². The van der Waals surface area contributed by atoms with Crippen molar-refractivity contribution in [1.29, 1.82) is 0 Å². The molecule has 3 aromatic heterocycles. The highest BCUT2D eigenvalue weighted by Gasteiger charge is 2.27. The van der Waals surface area contributed by atoms with Crippen LogP contribution in [-0.4, -0.2) is 48.7 Å². The Hall–Kier alpha value is -2.48. The van der Waals surface area contributed by atoms with Gasteiger partial charge in [-0.15, -0.1) is 0 Å². The van der Waals surface area contributed by atoms with E-state index in [0.717, 1.165) is 43.1 Å². The van der Waals surface area contributed by atoms with Gasteiger partial charge < -0.3 is 5.32 Å². The van der Waals surface area contributed by atoms with Crippen molar-refractivity contribution >= 4 is 17.4 Å². The van der Waals surface area contributed by atoms with Crippen LogP contribution in [-0.2, 0) is 6.54 Å². The summed E-state index contributed by atoms with van der Waals surface area (Å²) in [6, 6.07) is 3.86. The number of hydrogen-bond acceptors (Lipinski definition) is 5. The first kappa shape index (κ1) is 15.7. The minimum Gasteiger partial charge on any atom is -0.308 e. The van der Waals surface area contributed by atoms with Crippen LogP contribution in [0.4, 0.5) is 16.2 Å². The quantitative estimate of drug-likeness (QED) is 0.736. The number of imidazole rings is 1. The largest absolute Gasteiger partial charge is 0.308 e. The van der Waals surface area contributed by atoms with E-state index in [1.807, 2.05) is 22.7 Å². The lowest BCUT2D eigenvalue weighted by Crippen LogP contribution is -2.36. The number of H-pyrrole nitrogens is 1. The Labute approximate surface area is 150 Å². The Bertz CT molecular complexity index is 913. The molecule has 2 N–H and O–H groups in total. The third kappa shape index (κ3) is 2.94. The van der Waals surface area contributed by atoms with Crippen molar-refractivity contribution in [2.45, 2.75) is 44.3 Å². The van der Waals surface area contributed by atoms with E-state index in [2.05, 4.69) is 30.4 Å². The number of rotatable bonds is 5. The summed E-state index contributed by atoms with van der Waals surface area (Å²) in [5, 5.41) is 10.6. The third-order valence-corrected chi connectivity index (χ3v) is 5.41. The van der Waals surface area contributed by atoms with Gasteiger partial charge in [-0.1, -0.05) is 0 Å². The number of aromatic amines is 1. The Morgan fingerprint density at radius 1 is 1.31 bits per heavy atom. The van der Waals surface area contributed by atoms with Crippen LogP contribution < -0.4 is 5.32 Å². The van der Waals surface area contributed by atoms with E-state index in [1.165, 1.54) is 6.42 Å². The molecule has 2 atom stereocenters. The normalized spacial score (nSPS) is 23.4. The molecule has 136 valence electrons. The number of likely N-dealkylation sites (tertiary alicyclic amines) is 1. The Morgan fingerprint density at radius 2 is 2.23 bits per heavy atom. The second kappa shape index (κ2) is 6.35. The summed E-state index contributed by atoms with van der Waals surface area (Å²) in [4.78, 5) is 11.5. The van der Waals surface area contributed by atoms with E-state index in [1.54, 1.807) is 6.20 Å². The monoisotopic (exact) mass is 355 g/mol. The average molecular weight is 355 g/mol. The number of halogens is 1. The number of anilines is 2. The minimum atomic E-state index is -0.689. The van der Waals surface area contributed by atoms with E-state index in [0.29, 0.717) is 24.6 Å². The fourth-order valence-electron chi connectivity index (χ4n) is 3.84. The van der Waals surface area contributed by atoms with E-state index >= 15 is 0 Å². The molecule has 0 amide bonds. The number of hydrogen-bond donors (Lipinski definition) is 2. The Morgan fingerprint density at radius 3 is 3.00 bits per heavy atom. The van der Waals surface area contributed by atoms with E-state index in [-0.39, 0.29) is 5.92 Å². The molecule has 0 aromatic carbocycles. The van der Waals surface area contributed by atoms with Gasteiger partial charge in [0.15, 0.2) is 5.82 Å². The summed E-state index contributed by atoms with van der Waals surface area (Å²) in [6.45, 7) is 3.17. The average Bonchev–Trinajstić information content (AvgIpc) is 3.30. The second-order valence-corrected chi connectivity index (χ2v) is 7.30. The van der Waals surface area contributed by atoms with Crippen LogP contribution in [0.3, 0.4) is 0 Å². The highest BCUT2D eigenvalue weighted by atomic mass is 19.1. The van der Waals surface area contributed by atoms with Crippen LogP contribution in [0, 0.1) is 0 Å². The molecule has 1 aliphatic carbocycles. The highest BCUT2D eigenvalue weighted by Crippen LogP contribution is 2.35. The summed E-state index contributed by atoms with van der Waals surface area (Å²) < 4.78 is 15.4. The van der Waals surface area contributed by atoms with Gasteiger partial charge in [-0.2, -0.15) is 5.10 Å². The van der Waals surface area contributed by atoms with Crippen molar-refractivity contribution < 1.29 is 4.39 Å². The zero-order chi connectivity index (χ0) is 17.5. The number of nitrogens with zero attached hydrogens (tertiary/aromatic N) is 5. The molecule has 3 aromatic rings. The van der Waals surface area contributed by atoms with E-state index < -0.39 is 6.17 Å². The molecule has 0 radical (unpaired) electrons. The van der Waals surface area contributed by atoms with Crippen LogP contribution in [0.5, 0.6) is 0 Å². The van der Waals surface area contributed by atoms with Crippen molar-refractivity contribution in [3.05, 3.63) is 35.9 Å². The number of alkyl halides is 1. The fourth-order valence-corrected chi connectivity index (χ4v) is 3.84. The summed E-state index contributed by atoms with van der Waals surface area (Å²) in [7, 11) is 0. The van der Waals surface area contributed by atoms with Gasteiger partial charge in [-0.25, -0.2) is 14.4 Å². The van der Waals surface area contributed by atoms with Gasteiger partial charge in [0.05, 0.1) is 5.69 Å². The third-order valence-electron chi connectivity index (χ3n) is 5.41. The van der Waals surface area contributed by atoms with Crippen molar-refractivity contribution in [1.82, 2.24) is 29.5 Å². The highest BCUT2D eigenvalue weighted by molar-refractivity contribution is 5.54. The SMILES string of the molecule is F[C@@H]1CC[C@@H](c2cc(Nc3nccc4nc(CN5CCC5)cn34)n[nH]2)C1. The maximum Gasteiger partial charge on any atom is 0.214 e. The maximum absolute atomic E-state index is 13.4. The predicted molar refractivity (Wildman–Crippen MR) is 96.2 cm³/mol. The van der Waals surface area contributed by atoms with Crippen LogP contribution in [0.15, 0.2) is 24.5 Å². The number of fused-ring (bicyclic) bond motifs is 1. The lowest BCUT2D eigenvalue weighted by atomic mass is 10.0. The molecule has 8 heteroatoms. The van der Waals surface area contributed by atoms with Crippen LogP contribution in [0.1, 0.15) is 43.0 Å². The second-order valence-electron chi connectivity index (χ2n) is 7.30. The zero-order valence-electron chi connectivity index (χ0n) is 14.5. The molecule has 0 bridgehead atoms. The van der Waals surface area contributed by atoms with E-state index in [9.17, 15) is 4.39 Å². The Balaban J connectivity index is 1.36. The summed E-state index contributed by atoms with van der Waals surface area (Å²) >= 11 is 0. The first-order valence-electron chi connectivity index (χ1n) is 9.26. The molecule has 0 spiro atoms. The molecule has 0 unspecified atom stereocenters. The van der Waals surface area contributed by atoms with Crippen molar-refractivity contribution in [3.8, 4) is 0 Å². The van der Waals surface area contributed by atoms with Gasteiger partial charge in [0.1, 0.15) is 11.8 Å². The molecule has 7 nitrogen and oxygen atoms in total. The summed E-state index contributed by atoms with van der Waals surface area (Å²) in [6.07, 6.45) is 6.45. The lowest BCUT2D eigenvalue weighted by Gasteiger charge is -2.29.